The molecule has 0 atom stereocenters. The van der Waals surface area contributed by atoms with Crippen molar-refractivity contribution < 1.29 is 13.2 Å². The Labute approximate surface area is 200 Å². The van der Waals surface area contributed by atoms with Gasteiger partial charge in [-0.05, 0) is 36.6 Å². The van der Waals surface area contributed by atoms with Gasteiger partial charge in [-0.15, -0.1) is 0 Å². The normalized spacial score (nSPS) is 17.7. The van der Waals surface area contributed by atoms with E-state index in [1.165, 1.54) is 12.5 Å². The Morgan fingerprint density at radius 3 is 2.38 bits per heavy atom. The van der Waals surface area contributed by atoms with E-state index in [-0.39, 0.29) is 16.7 Å². The topological polar surface area (TPSA) is 105 Å². The third-order valence-electron chi connectivity index (χ3n) is 6.99. The van der Waals surface area contributed by atoms with E-state index in [9.17, 15) is 13.2 Å². The third kappa shape index (κ3) is 4.45. The minimum Gasteiger partial charge on any atom is -0.336 e. The number of nitrogens with two attached hydrogens (primary N) is 1. The predicted octanol–water partition coefficient (Wildman–Crippen LogP) is 3.64. The number of pyridine rings is 1. The van der Waals surface area contributed by atoms with Gasteiger partial charge in [-0.2, -0.15) is 0 Å². The molecule has 8 heteroatoms. The van der Waals surface area contributed by atoms with Gasteiger partial charge in [-0.25, -0.2) is 13.6 Å². The number of carbonyl (C=O) groups is 1. The molecule has 178 valence electrons. The van der Waals surface area contributed by atoms with Crippen LogP contribution in [-0.2, 0) is 10.0 Å². The molecule has 3 N–H and O–H groups in total. The summed E-state index contributed by atoms with van der Waals surface area (Å²) in [5.41, 5.74) is 3.76. The molecule has 1 saturated carbocycles. The van der Waals surface area contributed by atoms with Crippen molar-refractivity contribution in [3.05, 3.63) is 59.8 Å². The number of primary sulfonamides is 1. The Hall–Kier alpha value is -2.81. The third-order valence-corrected chi connectivity index (χ3v) is 7.90. The smallest absolute Gasteiger partial charge is 0.256 e. The van der Waals surface area contributed by atoms with Crippen LogP contribution < -0.4 is 10.5 Å². The van der Waals surface area contributed by atoms with Gasteiger partial charge < -0.3 is 10.2 Å². The lowest BCUT2D eigenvalue weighted by molar-refractivity contribution is 0.0734. The lowest BCUT2D eigenvalue weighted by Gasteiger charge is -2.31. The largest absolute Gasteiger partial charge is 0.336 e. The van der Waals surface area contributed by atoms with Crippen molar-refractivity contribution in [1.29, 1.82) is 0 Å². The van der Waals surface area contributed by atoms with Crippen molar-refractivity contribution >= 4 is 26.8 Å². The maximum Gasteiger partial charge on any atom is 0.256 e. The molecule has 0 spiro atoms. The summed E-state index contributed by atoms with van der Waals surface area (Å²) in [6, 6.07) is 14.5. The number of hydrogen-bond acceptors (Lipinski definition) is 5. The molecular formula is C26H30N4O3S. The molecule has 1 amide bonds. The number of aromatic nitrogens is 1. The Balaban J connectivity index is 1.83. The van der Waals surface area contributed by atoms with Gasteiger partial charge in [0.05, 0.1) is 21.7 Å². The summed E-state index contributed by atoms with van der Waals surface area (Å²) in [4.78, 5) is 21.0. The molecule has 7 nitrogen and oxygen atoms in total. The van der Waals surface area contributed by atoms with Gasteiger partial charge in [0.25, 0.3) is 5.91 Å². The van der Waals surface area contributed by atoms with E-state index < -0.39 is 10.0 Å². The Kier molecular flexibility index (Phi) is 6.38. The van der Waals surface area contributed by atoms with Crippen LogP contribution in [0.4, 0.5) is 0 Å². The first kappa shape index (κ1) is 23.0. The summed E-state index contributed by atoms with van der Waals surface area (Å²) in [6.07, 6.45) is 5.45. The highest BCUT2D eigenvalue weighted by molar-refractivity contribution is 7.89. The standard InChI is InChI=1S/C26H30N4O3S/c27-34(32,33)20-11-12-22-21(17-20)23(18-7-3-1-4-8-18)24(26(31)30-15-13-28-14-16-30)25(29-22)19-9-5-2-6-10-19/h1,3-4,7-8,11-12,17,19,28H,2,5-6,9-10,13-16H2,(H2,27,32,33). The molecule has 1 saturated heterocycles. The van der Waals surface area contributed by atoms with Crippen LogP contribution in [0.3, 0.4) is 0 Å². The van der Waals surface area contributed by atoms with Crippen molar-refractivity contribution in [1.82, 2.24) is 15.2 Å². The fraction of sp³-hybridized carbons (Fsp3) is 0.385. The van der Waals surface area contributed by atoms with Crippen LogP contribution in [0.15, 0.2) is 53.4 Å². The summed E-state index contributed by atoms with van der Waals surface area (Å²) < 4.78 is 24.4. The number of hydrogen-bond donors (Lipinski definition) is 2. The van der Waals surface area contributed by atoms with Crippen LogP contribution in [0.5, 0.6) is 0 Å². The minimum atomic E-state index is -3.91. The number of nitrogens with one attached hydrogen (secondary N) is 1. The number of nitrogens with zero attached hydrogens (tertiary/aromatic N) is 2. The lowest BCUT2D eigenvalue weighted by atomic mass is 9.82. The molecule has 3 aromatic rings. The number of rotatable bonds is 4. The first-order valence-corrected chi connectivity index (χ1v) is 13.5. The van der Waals surface area contributed by atoms with Gasteiger partial charge in [-0.1, -0.05) is 49.6 Å². The molecule has 0 unspecified atom stereocenters. The first-order valence-electron chi connectivity index (χ1n) is 12.0. The van der Waals surface area contributed by atoms with Gasteiger partial charge in [0.2, 0.25) is 10.0 Å². The highest BCUT2D eigenvalue weighted by Crippen LogP contribution is 2.41. The van der Waals surface area contributed by atoms with Crippen molar-refractivity contribution in [3.8, 4) is 11.1 Å². The Morgan fingerprint density at radius 1 is 1.00 bits per heavy atom. The van der Waals surface area contributed by atoms with Gasteiger partial charge in [0, 0.05) is 43.0 Å². The second-order valence-corrected chi connectivity index (χ2v) is 10.8. The van der Waals surface area contributed by atoms with E-state index in [0.29, 0.717) is 29.6 Å². The van der Waals surface area contributed by atoms with Gasteiger partial charge in [0.1, 0.15) is 0 Å². The number of fused-ring (bicyclic) bond motifs is 1. The Bertz CT molecular complexity index is 1310. The van der Waals surface area contributed by atoms with Crippen LogP contribution in [0.2, 0.25) is 0 Å². The first-order chi connectivity index (χ1) is 16.4. The summed E-state index contributed by atoms with van der Waals surface area (Å²) in [6.45, 7) is 2.77. The molecule has 2 aliphatic rings. The molecule has 0 bridgehead atoms. The fourth-order valence-electron chi connectivity index (χ4n) is 5.26. The van der Waals surface area contributed by atoms with E-state index in [1.54, 1.807) is 12.1 Å². The summed E-state index contributed by atoms with van der Waals surface area (Å²) in [5.74, 6) is 0.178. The second-order valence-electron chi connectivity index (χ2n) is 9.21. The molecule has 2 heterocycles. The van der Waals surface area contributed by atoms with E-state index in [0.717, 1.165) is 55.6 Å². The van der Waals surface area contributed by atoms with Crippen molar-refractivity contribution in [3.63, 3.8) is 0 Å². The Morgan fingerprint density at radius 2 is 1.71 bits per heavy atom. The monoisotopic (exact) mass is 478 g/mol. The van der Waals surface area contributed by atoms with Crippen molar-refractivity contribution in [2.75, 3.05) is 26.2 Å². The summed E-state index contributed by atoms with van der Waals surface area (Å²) in [7, 11) is -3.91. The molecule has 1 aliphatic carbocycles. The molecular weight excluding hydrogens is 448 g/mol. The van der Waals surface area contributed by atoms with Crippen molar-refractivity contribution in [2.45, 2.75) is 42.9 Å². The zero-order chi connectivity index (χ0) is 23.7. The van der Waals surface area contributed by atoms with Crippen LogP contribution >= 0.6 is 0 Å². The number of sulfonamides is 1. The van der Waals surface area contributed by atoms with Gasteiger partial charge >= 0.3 is 0 Å². The van der Waals surface area contributed by atoms with Crippen LogP contribution in [0.1, 0.15) is 54.1 Å². The predicted molar refractivity (Wildman–Crippen MR) is 133 cm³/mol. The fourth-order valence-corrected chi connectivity index (χ4v) is 5.80. The SMILES string of the molecule is NS(=O)(=O)c1ccc2nc(C3CCCCC3)c(C(=O)N3CCNCC3)c(-c3ccccc3)c2c1. The number of carbonyl (C=O) groups excluding carboxylic acids is 1. The molecule has 5 rings (SSSR count). The molecule has 34 heavy (non-hydrogen) atoms. The maximum atomic E-state index is 14.1. The maximum absolute atomic E-state index is 14.1. The molecule has 1 aromatic heterocycles. The van der Waals surface area contributed by atoms with E-state index >= 15 is 0 Å². The summed E-state index contributed by atoms with van der Waals surface area (Å²) >= 11 is 0. The minimum absolute atomic E-state index is 0.0185. The molecule has 0 radical (unpaired) electrons. The molecule has 2 aromatic carbocycles. The average Bonchev–Trinajstić information content (AvgIpc) is 2.88. The number of benzene rings is 2. The quantitative estimate of drug-likeness (QED) is 0.596. The highest BCUT2D eigenvalue weighted by Gasteiger charge is 2.31. The van der Waals surface area contributed by atoms with E-state index in [2.05, 4.69) is 5.32 Å². The molecule has 1 aliphatic heterocycles. The van der Waals surface area contributed by atoms with Crippen LogP contribution in [-0.4, -0.2) is 50.4 Å². The zero-order valence-corrected chi connectivity index (χ0v) is 20.0. The van der Waals surface area contributed by atoms with Gasteiger partial charge in [-0.3, -0.25) is 9.78 Å². The highest BCUT2D eigenvalue weighted by atomic mass is 32.2. The number of piperazine rings is 1. The lowest BCUT2D eigenvalue weighted by Crippen LogP contribution is -2.46. The van der Waals surface area contributed by atoms with Crippen molar-refractivity contribution in [2.24, 2.45) is 5.14 Å². The number of amides is 1. The average molecular weight is 479 g/mol. The van der Waals surface area contributed by atoms with E-state index in [4.69, 9.17) is 10.1 Å². The summed E-state index contributed by atoms with van der Waals surface area (Å²) in [5, 5.41) is 9.41. The zero-order valence-electron chi connectivity index (χ0n) is 19.2. The van der Waals surface area contributed by atoms with Crippen LogP contribution in [0, 0.1) is 0 Å². The van der Waals surface area contributed by atoms with Crippen LogP contribution in [0.25, 0.3) is 22.0 Å². The second kappa shape index (κ2) is 9.44. The molecule has 2 fully saturated rings. The van der Waals surface area contributed by atoms with E-state index in [1.807, 2.05) is 35.2 Å². The van der Waals surface area contributed by atoms with Gasteiger partial charge in [0.15, 0.2) is 0 Å².